The van der Waals surface area contributed by atoms with Gasteiger partial charge >= 0.3 is 0 Å². The summed E-state index contributed by atoms with van der Waals surface area (Å²) in [6.45, 7) is 1.93. The molecule has 2 N–H and O–H groups in total. The smallest absolute Gasteiger partial charge is 0.285 e. The van der Waals surface area contributed by atoms with E-state index in [2.05, 4.69) is 15.5 Å². The quantitative estimate of drug-likeness (QED) is 0.831. The maximum absolute atomic E-state index is 11.1. The van der Waals surface area contributed by atoms with Crippen molar-refractivity contribution >= 4 is 28.1 Å². The maximum atomic E-state index is 11.1. The molecule has 2 atom stereocenters. The van der Waals surface area contributed by atoms with E-state index < -0.39 is 16.4 Å². The van der Waals surface area contributed by atoms with E-state index in [1.165, 1.54) is 6.20 Å². The topological polar surface area (TPSA) is 74.8 Å². The summed E-state index contributed by atoms with van der Waals surface area (Å²) in [6.07, 6.45) is 3.86. The predicted molar refractivity (Wildman–Crippen MR) is 66.5 cm³/mol. The van der Waals surface area contributed by atoms with Crippen LogP contribution in [0.4, 0.5) is 5.69 Å². The third-order valence-electron chi connectivity index (χ3n) is 2.04. The average molecular weight is 264 g/mol. The minimum absolute atomic E-state index is 0.0880. The fraction of sp³-hybridized carbons (Fsp3) is 0.556. The van der Waals surface area contributed by atoms with Gasteiger partial charge in [-0.2, -0.15) is 5.10 Å². The lowest BCUT2D eigenvalue weighted by molar-refractivity contribution is 0.678. The van der Waals surface area contributed by atoms with Crippen LogP contribution in [-0.2, 0) is 10.8 Å². The number of nitrogens with one attached hydrogen (secondary N) is 2. The van der Waals surface area contributed by atoms with Crippen molar-refractivity contribution in [3.05, 3.63) is 21.6 Å². The van der Waals surface area contributed by atoms with Crippen LogP contribution in [0.25, 0.3) is 0 Å². The summed E-state index contributed by atoms with van der Waals surface area (Å²) < 4.78 is 10.9. The van der Waals surface area contributed by atoms with Crippen LogP contribution in [0.5, 0.6) is 0 Å². The molecule has 0 bridgehead atoms. The zero-order valence-electron chi connectivity index (χ0n) is 9.12. The number of nitrogens with zero attached hydrogens (tertiary/aromatic N) is 1. The molecule has 7 heteroatoms. The standard InChI is InChI=1S/C9H14ClN3O2S/c1-6(3-4-16(2)15)12-7-5-11-13-9(14)8(7)10/h5-6H,3-4H2,1-2H3,(H2,12,13,14). The van der Waals surface area contributed by atoms with E-state index in [4.69, 9.17) is 11.6 Å². The summed E-state index contributed by atoms with van der Waals surface area (Å²) in [4.78, 5) is 11.1. The van der Waals surface area contributed by atoms with Crippen molar-refractivity contribution in [3.63, 3.8) is 0 Å². The van der Waals surface area contributed by atoms with Crippen molar-refractivity contribution in [2.45, 2.75) is 19.4 Å². The van der Waals surface area contributed by atoms with Crippen molar-refractivity contribution in [1.29, 1.82) is 0 Å². The molecular formula is C9H14ClN3O2S. The van der Waals surface area contributed by atoms with Crippen LogP contribution in [0.1, 0.15) is 13.3 Å². The van der Waals surface area contributed by atoms with E-state index in [9.17, 15) is 9.00 Å². The summed E-state index contributed by atoms with van der Waals surface area (Å²) in [6, 6.07) is 0.0880. The van der Waals surface area contributed by atoms with Crippen LogP contribution < -0.4 is 10.9 Å². The third kappa shape index (κ3) is 3.94. The van der Waals surface area contributed by atoms with Gasteiger partial charge < -0.3 is 5.32 Å². The molecule has 0 aliphatic rings. The largest absolute Gasteiger partial charge is 0.380 e. The first-order chi connectivity index (χ1) is 7.50. The van der Waals surface area contributed by atoms with Gasteiger partial charge in [-0.3, -0.25) is 9.00 Å². The zero-order chi connectivity index (χ0) is 12.1. The van der Waals surface area contributed by atoms with Gasteiger partial charge in [0.25, 0.3) is 5.56 Å². The highest BCUT2D eigenvalue weighted by Crippen LogP contribution is 2.16. The highest BCUT2D eigenvalue weighted by Gasteiger charge is 2.08. The lowest BCUT2D eigenvalue weighted by atomic mass is 10.2. The van der Waals surface area contributed by atoms with Gasteiger partial charge in [0.1, 0.15) is 5.02 Å². The third-order valence-corrected chi connectivity index (χ3v) is 3.22. The molecule has 0 aliphatic carbocycles. The SMILES string of the molecule is CC(CCS(C)=O)Nc1cn[nH]c(=O)c1Cl. The van der Waals surface area contributed by atoms with Gasteiger partial charge in [-0.25, -0.2) is 5.10 Å². The Labute approximate surface area is 101 Å². The molecule has 90 valence electrons. The second-order valence-electron chi connectivity index (χ2n) is 3.54. The normalized spacial score (nSPS) is 14.4. The van der Waals surface area contributed by atoms with E-state index >= 15 is 0 Å². The number of hydrogen-bond acceptors (Lipinski definition) is 4. The first kappa shape index (κ1) is 13.2. The summed E-state index contributed by atoms with van der Waals surface area (Å²) in [5, 5.41) is 9.04. The van der Waals surface area contributed by atoms with Crippen LogP contribution in [0.3, 0.4) is 0 Å². The Hall–Kier alpha value is -0.880. The van der Waals surface area contributed by atoms with Crippen molar-refractivity contribution in [2.75, 3.05) is 17.3 Å². The van der Waals surface area contributed by atoms with Gasteiger partial charge in [0.15, 0.2) is 0 Å². The predicted octanol–water partition coefficient (Wildman–Crippen LogP) is 0.992. The van der Waals surface area contributed by atoms with Crippen LogP contribution in [0.15, 0.2) is 11.0 Å². The van der Waals surface area contributed by atoms with E-state index in [-0.39, 0.29) is 11.1 Å². The molecule has 0 saturated heterocycles. The minimum Gasteiger partial charge on any atom is -0.380 e. The number of halogens is 1. The first-order valence-electron chi connectivity index (χ1n) is 4.80. The fourth-order valence-electron chi connectivity index (χ4n) is 1.16. The molecule has 2 unspecified atom stereocenters. The molecule has 1 heterocycles. The van der Waals surface area contributed by atoms with Crippen molar-refractivity contribution in [1.82, 2.24) is 10.2 Å². The highest BCUT2D eigenvalue weighted by atomic mass is 35.5. The molecule has 16 heavy (non-hydrogen) atoms. The second kappa shape index (κ2) is 6.00. The molecule has 0 radical (unpaired) electrons. The monoisotopic (exact) mass is 263 g/mol. The van der Waals surface area contributed by atoms with Crippen molar-refractivity contribution < 1.29 is 4.21 Å². The molecule has 1 rings (SSSR count). The van der Waals surface area contributed by atoms with Gasteiger partial charge in [0.2, 0.25) is 0 Å². The number of rotatable bonds is 5. The Kier molecular flexibility index (Phi) is 4.95. The van der Waals surface area contributed by atoms with Crippen LogP contribution in [0.2, 0.25) is 5.02 Å². The summed E-state index contributed by atoms with van der Waals surface area (Å²) in [5.41, 5.74) is 0.0812. The molecule has 0 aliphatic heterocycles. The van der Waals surface area contributed by atoms with E-state index in [0.717, 1.165) is 6.42 Å². The Morgan fingerprint density at radius 2 is 2.38 bits per heavy atom. The van der Waals surface area contributed by atoms with E-state index in [1.807, 2.05) is 6.92 Å². The lowest BCUT2D eigenvalue weighted by Gasteiger charge is -2.14. The Morgan fingerprint density at radius 1 is 1.69 bits per heavy atom. The van der Waals surface area contributed by atoms with Gasteiger partial charge in [-0.05, 0) is 13.3 Å². The van der Waals surface area contributed by atoms with E-state index in [0.29, 0.717) is 11.4 Å². The molecular weight excluding hydrogens is 250 g/mol. The number of H-pyrrole nitrogens is 1. The molecule has 0 aromatic carbocycles. The van der Waals surface area contributed by atoms with Crippen LogP contribution >= 0.6 is 11.6 Å². The molecule has 0 amide bonds. The number of aromatic amines is 1. The number of aromatic nitrogens is 2. The fourth-order valence-corrected chi connectivity index (χ4v) is 2.00. The molecule has 0 spiro atoms. The lowest BCUT2D eigenvalue weighted by Crippen LogP contribution is -2.20. The number of anilines is 1. The Bertz CT molecular complexity index is 435. The molecule has 1 aromatic heterocycles. The summed E-state index contributed by atoms with van der Waals surface area (Å²) in [7, 11) is -0.810. The summed E-state index contributed by atoms with van der Waals surface area (Å²) in [5.74, 6) is 0.613. The Morgan fingerprint density at radius 3 is 3.00 bits per heavy atom. The highest BCUT2D eigenvalue weighted by molar-refractivity contribution is 7.84. The second-order valence-corrected chi connectivity index (χ2v) is 5.47. The molecule has 5 nitrogen and oxygen atoms in total. The zero-order valence-corrected chi connectivity index (χ0v) is 10.7. The summed E-state index contributed by atoms with van der Waals surface area (Å²) >= 11 is 5.79. The van der Waals surface area contributed by atoms with E-state index in [1.54, 1.807) is 6.26 Å². The van der Waals surface area contributed by atoms with Crippen molar-refractivity contribution in [2.24, 2.45) is 0 Å². The average Bonchev–Trinajstić information content (AvgIpc) is 2.22. The van der Waals surface area contributed by atoms with Crippen LogP contribution in [-0.4, -0.2) is 32.5 Å². The number of hydrogen-bond donors (Lipinski definition) is 2. The first-order valence-corrected chi connectivity index (χ1v) is 6.91. The van der Waals surface area contributed by atoms with Crippen molar-refractivity contribution in [3.8, 4) is 0 Å². The molecule has 0 fully saturated rings. The van der Waals surface area contributed by atoms with Gasteiger partial charge in [0.05, 0.1) is 11.9 Å². The molecule has 0 saturated carbocycles. The minimum atomic E-state index is -0.810. The van der Waals surface area contributed by atoms with Gasteiger partial charge in [-0.15, -0.1) is 0 Å². The van der Waals surface area contributed by atoms with Gasteiger partial charge in [-0.1, -0.05) is 11.6 Å². The van der Waals surface area contributed by atoms with Gasteiger partial charge in [0, 0.05) is 28.9 Å². The van der Waals surface area contributed by atoms with Crippen LogP contribution in [0, 0.1) is 0 Å². The molecule has 1 aromatic rings. The maximum Gasteiger partial charge on any atom is 0.285 e. The Balaban J connectivity index is 2.62.